The zero-order chi connectivity index (χ0) is 10.6. The van der Waals surface area contributed by atoms with Crippen molar-refractivity contribution in [1.29, 1.82) is 0 Å². The van der Waals surface area contributed by atoms with Crippen LogP contribution in [-0.4, -0.2) is 11.2 Å². The van der Waals surface area contributed by atoms with Gasteiger partial charge in [0.15, 0.2) is 0 Å². The van der Waals surface area contributed by atoms with Gasteiger partial charge in [-0.1, -0.05) is 13.8 Å². The van der Waals surface area contributed by atoms with Crippen LogP contribution < -0.4 is 0 Å². The van der Waals surface area contributed by atoms with Crippen LogP contribution in [0.1, 0.15) is 31.6 Å². The standard InChI is InChI=1S/C11H17BrOS/c1-8(2)5-10(13)3-4-11-6-9(12)7-14-11/h6-8,10,13H,3-5H2,1-2H3. The number of aryl methyl sites for hydroxylation is 1. The highest BCUT2D eigenvalue weighted by Crippen LogP contribution is 2.22. The van der Waals surface area contributed by atoms with Gasteiger partial charge in [-0.3, -0.25) is 0 Å². The molecule has 0 aliphatic rings. The Kier molecular flexibility index (Phi) is 5.13. The van der Waals surface area contributed by atoms with Gasteiger partial charge in [0.2, 0.25) is 0 Å². The molecule has 0 saturated heterocycles. The Morgan fingerprint density at radius 1 is 1.50 bits per heavy atom. The fourth-order valence-corrected chi connectivity index (χ4v) is 2.93. The zero-order valence-corrected chi connectivity index (χ0v) is 11.1. The van der Waals surface area contributed by atoms with E-state index in [4.69, 9.17) is 0 Å². The van der Waals surface area contributed by atoms with Crippen molar-refractivity contribution in [2.45, 2.75) is 39.2 Å². The topological polar surface area (TPSA) is 20.2 Å². The van der Waals surface area contributed by atoms with Crippen molar-refractivity contribution in [2.75, 3.05) is 0 Å². The Morgan fingerprint density at radius 2 is 2.21 bits per heavy atom. The van der Waals surface area contributed by atoms with E-state index in [0.29, 0.717) is 5.92 Å². The first-order valence-corrected chi connectivity index (χ1v) is 6.66. The van der Waals surface area contributed by atoms with E-state index < -0.39 is 0 Å². The molecule has 1 nitrogen and oxygen atoms in total. The molecule has 0 spiro atoms. The smallest absolute Gasteiger partial charge is 0.0546 e. The molecule has 0 radical (unpaired) electrons. The summed E-state index contributed by atoms with van der Waals surface area (Å²) < 4.78 is 1.15. The summed E-state index contributed by atoms with van der Waals surface area (Å²) in [6.45, 7) is 4.29. The quantitative estimate of drug-likeness (QED) is 0.866. The van der Waals surface area contributed by atoms with Crippen molar-refractivity contribution in [1.82, 2.24) is 0 Å². The third-order valence-electron chi connectivity index (χ3n) is 2.09. The number of rotatable bonds is 5. The van der Waals surface area contributed by atoms with E-state index in [1.807, 2.05) is 0 Å². The lowest BCUT2D eigenvalue weighted by atomic mass is 10.0. The highest BCUT2D eigenvalue weighted by atomic mass is 79.9. The molecule has 3 heteroatoms. The van der Waals surface area contributed by atoms with Crippen LogP contribution in [0.2, 0.25) is 0 Å². The number of aliphatic hydroxyl groups excluding tert-OH is 1. The van der Waals surface area contributed by atoms with E-state index in [0.717, 1.165) is 23.7 Å². The molecule has 1 aromatic rings. The maximum atomic E-state index is 9.68. The molecule has 1 atom stereocenters. The van der Waals surface area contributed by atoms with E-state index in [1.54, 1.807) is 11.3 Å². The predicted molar refractivity (Wildman–Crippen MR) is 65.8 cm³/mol. The molecule has 0 bridgehead atoms. The summed E-state index contributed by atoms with van der Waals surface area (Å²) >= 11 is 5.18. The average molecular weight is 277 g/mol. The van der Waals surface area contributed by atoms with E-state index in [2.05, 4.69) is 41.2 Å². The van der Waals surface area contributed by atoms with Gasteiger partial charge >= 0.3 is 0 Å². The summed E-state index contributed by atoms with van der Waals surface area (Å²) in [5, 5.41) is 11.8. The number of hydrogen-bond acceptors (Lipinski definition) is 2. The predicted octanol–water partition coefficient (Wildman–Crippen LogP) is 3.85. The van der Waals surface area contributed by atoms with Gasteiger partial charge in [0.05, 0.1) is 6.10 Å². The first-order valence-electron chi connectivity index (χ1n) is 4.99. The second-order valence-electron chi connectivity index (χ2n) is 4.05. The molecule has 80 valence electrons. The normalized spacial score (nSPS) is 13.5. The molecular weight excluding hydrogens is 260 g/mol. The van der Waals surface area contributed by atoms with Crippen LogP contribution in [0.3, 0.4) is 0 Å². The minimum atomic E-state index is -0.143. The fraction of sp³-hybridized carbons (Fsp3) is 0.636. The molecular formula is C11H17BrOS. The first kappa shape index (κ1) is 12.2. The van der Waals surface area contributed by atoms with Crippen molar-refractivity contribution >= 4 is 27.3 Å². The first-order chi connectivity index (χ1) is 6.58. The van der Waals surface area contributed by atoms with Gasteiger partial charge in [-0.05, 0) is 47.2 Å². The minimum absolute atomic E-state index is 0.143. The molecule has 1 rings (SSSR count). The lowest BCUT2D eigenvalue weighted by Gasteiger charge is -2.11. The SMILES string of the molecule is CC(C)CC(O)CCc1cc(Br)cs1. The molecule has 1 unspecified atom stereocenters. The summed E-state index contributed by atoms with van der Waals surface area (Å²) in [7, 11) is 0. The second kappa shape index (κ2) is 5.89. The molecule has 1 N–H and O–H groups in total. The van der Waals surface area contributed by atoms with E-state index in [-0.39, 0.29) is 6.10 Å². The summed E-state index contributed by atoms with van der Waals surface area (Å²) in [6, 6.07) is 2.13. The highest BCUT2D eigenvalue weighted by molar-refractivity contribution is 9.10. The van der Waals surface area contributed by atoms with Gasteiger partial charge in [0, 0.05) is 14.7 Å². The molecule has 0 amide bonds. The largest absolute Gasteiger partial charge is 0.393 e. The lowest BCUT2D eigenvalue weighted by Crippen LogP contribution is -2.10. The maximum Gasteiger partial charge on any atom is 0.0546 e. The van der Waals surface area contributed by atoms with Crippen LogP contribution in [0, 0.1) is 5.92 Å². The molecule has 0 aliphatic heterocycles. The molecule has 1 heterocycles. The fourth-order valence-electron chi connectivity index (χ4n) is 1.46. The summed E-state index contributed by atoms with van der Waals surface area (Å²) in [4.78, 5) is 1.35. The van der Waals surface area contributed by atoms with Crippen LogP contribution in [0.25, 0.3) is 0 Å². The van der Waals surface area contributed by atoms with Gasteiger partial charge in [0.25, 0.3) is 0 Å². The molecule has 0 fully saturated rings. The van der Waals surface area contributed by atoms with Crippen LogP contribution in [0.4, 0.5) is 0 Å². The average Bonchev–Trinajstić information content (AvgIpc) is 2.47. The number of halogens is 1. The Morgan fingerprint density at radius 3 is 2.71 bits per heavy atom. The van der Waals surface area contributed by atoms with Gasteiger partial charge in [-0.25, -0.2) is 0 Å². The monoisotopic (exact) mass is 276 g/mol. The van der Waals surface area contributed by atoms with Gasteiger partial charge in [0.1, 0.15) is 0 Å². The Labute approximate surface area is 98.3 Å². The van der Waals surface area contributed by atoms with Gasteiger partial charge < -0.3 is 5.11 Å². The molecule has 0 saturated carbocycles. The second-order valence-corrected chi connectivity index (χ2v) is 5.96. The Hall–Kier alpha value is 0.140. The van der Waals surface area contributed by atoms with Crippen molar-refractivity contribution in [2.24, 2.45) is 5.92 Å². The van der Waals surface area contributed by atoms with Crippen molar-refractivity contribution in [3.8, 4) is 0 Å². The van der Waals surface area contributed by atoms with Crippen molar-refractivity contribution < 1.29 is 5.11 Å². The number of aliphatic hydroxyl groups is 1. The van der Waals surface area contributed by atoms with Crippen LogP contribution in [0.5, 0.6) is 0 Å². The number of thiophene rings is 1. The molecule has 14 heavy (non-hydrogen) atoms. The zero-order valence-electron chi connectivity index (χ0n) is 8.66. The van der Waals surface area contributed by atoms with Crippen molar-refractivity contribution in [3.63, 3.8) is 0 Å². The lowest BCUT2D eigenvalue weighted by molar-refractivity contribution is 0.140. The van der Waals surface area contributed by atoms with Crippen LogP contribution in [0.15, 0.2) is 15.9 Å². The molecule has 0 aromatic carbocycles. The van der Waals surface area contributed by atoms with E-state index in [9.17, 15) is 5.11 Å². The van der Waals surface area contributed by atoms with E-state index >= 15 is 0 Å². The maximum absolute atomic E-state index is 9.68. The highest BCUT2D eigenvalue weighted by Gasteiger charge is 2.07. The minimum Gasteiger partial charge on any atom is -0.393 e. The van der Waals surface area contributed by atoms with Crippen LogP contribution >= 0.6 is 27.3 Å². The Balaban J connectivity index is 2.26. The van der Waals surface area contributed by atoms with Gasteiger partial charge in [-0.2, -0.15) is 0 Å². The van der Waals surface area contributed by atoms with Gasteiger partial charge in [-0.15, -0.1) is 11.3 Å². The summed E-state index contributed by atoms with van der Waals surface area (Å²) in [5.41, 5.74) is 0. The third-order valence-corrected chi connectivity index (χ3v) is 3.85. The summed E-state index contributed by atoms with van der Waals surface area (Å²) in [6.07, 6.45) is 2.64. The van der Waals surface area contributed by atoms with Crippen molar-refractivity contribution in [3.05, 3.63) is 20.8 Å². The Bertz CT molecular complexity index is 270. The molecule has 1 aromatic heterocycles. The van der Waals surface area contributed by atoms with E-state index in [1.165, 1.54) is 4.88 Å². The van der Waals surface area contributed by atoms with Crippen LogP contribution in [-0.2, 0) is 6.42 Å². The summed E-state index contributed by atoms with van der Waals surface area (Å²) in [5.74, 6) is 0.583. The number of hydrogen-bond donors (Lipinski definition) is 1. The third kappa shape index (κ3) is 4.58. The molecule has 0 aliphatic carbocycles.